The first kappa shape index (κ1) is 12.0. The molecule has 2 aromatic rings. The van der Waals surface area contributed by atoms with Gasteiger partial charge in [-0.3, -0.25) is 4.98 Å². The van der Waals surface area contributed by atoms with Gasteiger partial charge in [0, 0.05) is 24.2 Å². The third-order valence-electron chi connectivity index (χ3n) is 2.47. The summed E-state index contributed by atoms with van der Waals surface area (Å²) in [6.07, 6.45) is 4.81. The summed E-state index contributed by atoms with van der Waals surface area (Å²) in [5.41, 5.74) is 1.74. The molecule has 0 bridgehead atoms. The molecule has 0 atom stereocenters. The van der Waals surface area contributed by atoms with Crippen molar-refractivity contribution in [2.24, 2.45) is 0 Å². The molecule has 0 aliphatic rings. The fourth-order valence-corrected chi connectivity index (χ4v) is 1.67. The van der Waals surface area contributed by atoms with Crippen molar-refractivity contribution in [1.29, 1.82) is 0 Å². The maximum absolute atomic E-state index is 11.7. The van der Waals surface area contributed by atoms with Gasteiger partial charge in [0.1, 0.15) is 0 Å². The van der Waals surface area contributed by atoms with Gasteiger partial charge in [0.15, 0.2) is 0 Å². The van der Waals surface area contributed by atoms with Crippen molar-refractivity contribution in [2.45, 2.75) is 0 Å². The van der Waals surface area contributed by atoms with Crippen LogP contribution in [0.4, 0.5) is 0 Å². The highest BCUT2D eigenvalue weighted by Gasteiger charge is 2.18. The van der Waals surface area contributed by atoms with E-state index in [0.717, 1.165) is 5.56 Å². The number of carbonyl (C=O) groups excluding carboxylic acids is 1. The van der Waals surface area contributed by atoms with Crippen LogP contribution in [0.3, 0.4) is 0 Å². The van der Waals surface area contributed by atoms with Crippen LogP contribution >= 0.6 is 0 Å². The van der Waals surface area contributed by atoms with Crippen molar-refractivity contribution in [2.75, 3.05) is 14.2 Å². The molecule has 0 unspecified atom stereocenters. The van der Waals surface area contributed by atoms with Crippen LogP contribution in [0.2, 0.25) is 0 Å². The minimum atomic E-state index is -0.436. The zero-order chi connectivity index (χ0) is 13.0. The lowest BCUT2D eigenvalue weighted by molar-refractivity contribution is 0.0601. The summed E-state index contributed by atoms with van der Waals surface area (Å²) >= 11 is 0. The normalized spacial score (nSPS) is 9.89. The van der Waals surface area contributed by atoms with Crippen LogP contribution < -0.4 is 4.74 Å². The molecule has 0 saturated heterocycles. The van der Waals surface area contributed by atoms with Gasteiger partial charge in [0.2, 0.25) is 5.88 Å². The number of esters is 1. The van der Waals surface area contributed by atoms with Crippen LogP contribution in [-0.2, 0) is 4.74 Å². The van der Waals surface area contributed by atoms with Gasteiger partial charge < -0.3 is 9.47 Å². The second-order valence-corrected chi connectivity index (χ2v) is 3.48. The molecule has 5 heteroatoms. The summed E-state index contributed by atoms with van der Waals surface area (Å²) in [5, 5.41) is 0. The van der Waals surface area contributed by atoms with E-state index in [1.165, 1.54) is 20.4 Å². The number of carbonyl (C=O) groups is 1. The number of ether oxygens (including phenoxy) is 2. The third-order valence-corrected chi connectivity index (χ3v) is 2.47. The van der Waals surface area contributed by atoms with E-state index in [0.29, 0.717) is 17.0 Å². The second-order valence-electron chi connectivity index (χ2n) is 3.48. The maximum atomic E-state index is 11.7. The Morgan fingerprint density at radius 3 is 2.67 bits per heavy atom. The highest BCUT2D eigenvalue weighted by atomic mass is 16.5. The molecule has 92 valence electrons. The van der Waals surface area contributed by atoms with Crippen LogP contribution in [0.15, 0.2) is 36.8 Å². The lowest BCUT2D eigenvalue weighted by Crippen LogP contribution is -2.06. The van der Waals surface area contributed by atoms with Gasteiger partial charge in [-0.05, 0) is 12.1 Å². The van der Waals surface area contributed by atoms with E-state index in [2.05, 4.69) is 9.97 Å². The topological polar surface area (TPSA) is 61.3 Å². The Kier molecular flexibility index (Phi) is 3.52. The third kappa shape index (κ3) is 2.15. The van der Waals surface area contributed by atoms with E-state index in [1.54, 1.807) is 24.5 Å². The van der Waals surface area contributed by atoms with Crippen molar-refractivity contribution in [3.63, 3.8) is 0 Å². The molecule has 0 aromatic carbocycles. The number of methoxy groups -OCH3 is 2. The van der Waals surface area contributed by atoms with Crippen LogP contribution in [0, 0.1) is 0 Å². The van der Waals surface area contributed by atoms with Gasteiger partial charge in [-0.2, -0.15) is 0 Å². The smallest absolute Gasteiger partial charge is 0.338 e. The van der Waals surface area contributed by atoms with E-state index in [-0.39, 0.29) is 0 Å². The van der Waals surface area contributed by atoms with E-state index in [4.69, 9.17) is 9.47 Å². The average molecular weight is 244 g/mol. The predicted octanol–water partition coefficient (Wildman–Crippen LogP) is 1.94. The Labute approximate surface area is 104 Å². The Hall–Kier alpha value is -2.43. The van der Waals surface area contributed by atoms with Crippen LogP contribution in [0.25, 0.3) is 11.1 Å². The quantitative estimate of drug-likeness (QED) is 0.772. The molecule has 0 N–H and O–H groups in total. The minimum absolute atomic E-state index is 0.367. The lowest BCUT2D eigenvalue weighted by Gasteiger charge is -2.11. The SMILES string of the molecule is COC(=O)c1ccnc(OC)c1-c1cccnc1. The molecule has 5 nitrogen and oxygen atoms in total. The van der Waals surface area contributed by atoms with E-state index >= 15 is 0 Å². The molecule has 0 radical (unpaired) electrons. The summed E-state index contributed by atoms with van der Waals surface area (Å²) in [7, 11) is 2.84. The molecule has 0 saturated carbocycles. The molecular weight excluding hydrogens is 232 g/mol. The highest BCUT2D eigenvalue weighted by Crippen LogP contribution is 2.31. The first-order valence-electron chi connectivity index (χ1n) is 5.29. The molecule has 2 aromatic heterocycles. The summed E-state index contributed by atoms with van der Waals surface area (Å²) in [6, 6.07) is 5.21. The summed E-state index contributed by atoms with van der Waals surface area (Å²) < 4.78 is 9.94. The Morgan fingerprint density at radius 2 is 2.06 bits per heavy atom. The van der Waals surface area contributed by atoms with E-state index in [9.17, 15) is 4.79 Å². The Bertz CT molecular complexity index is 555. The Balaban J connectivity index is 2.66. The first-order valence-corrected chi connectivity index (χ1v) is 5.29. The zero-order valence-corrected chi connectivity index (χ0v) is 10.1. The summed E-state index contributed by atoms with van der Waals surface area (Å²) in [6.45, 7) is 0. The molecule has 0 aliphatic carbocycles. The van der Waals surface area contributed by atoms with E-state index < -0.39 is 5.97 Å². The van der Waals surface area contributed by atoms with Gasteiger partial charge in [-0.1, -0.05) is 6.07 Å². The fourth-order valence-electron chi connectivity index (χ4n) is 1.67. The number of hydrogen-bond acceptors (Lipinski definition) is 5. The zero-order valence-electron chi connectivity index (χ0n) is 10.1. The summed E-state index contributed by atoms with van der Waals surface area (Å²) in [4.78, 5) is 19.9. The number of rotatable bonds is 3. The van der Waals surface area contributed by atoms with Gasteiger partial charge in [-0.25, -0.2) is 9.78 Å². The molecule has 0 amide bonds. The second kappa shape index (κ2) is 5.27. The van der Waals surface area contributed by atoms with Gasteiger partial charge in [0.05, 0.1) is 25.3 Å². The number of hydrogen-bond donors (Lipinski definition) is 0. The van der Waals surface area contributed by atoms with Crippen molar-refractivity contribution >= 4 is 5.97 Å². The Morgan fingerprint density at radius 1 is 1.22 bits per heavy atom. The number of aromatic nitrogens is 2. The molecule has 0 spiro atoms. The van der Waals surface area contributed by atoms with Crippen LogP contribution in [-0.4, -0.2) is 30.2 Å². The predicted molar refractivity (Wildman–Crippen MR) is 65.4 cm³/mol. The molecule has 0 fully saturated rings. The molecule has 18 heavy (non-hydrogen) atoms. The van der Waals surface area contributed by atoms with Crippen molar-refractivity contribution < 1.29 is 14.3 Å². The number of pyridine rings is 2. The molecule has 2 heterocycles. The van der Waals surface area contributed by atoms with E-state index in [1.807, 2.05) is 6.07 Å². The minimum Gasteiger partial charge on any atom is -0.481 e. The molecular formula is C13H12N2O3. The lowest BCUT2D eigenvalue weighted by atomic mass is 10.0. The maximum Gasteiger partial charge on any atom is 0.338 e. The average Bonchev–Trinajstić information content (AvgIpc) is 2.46. The van der Waals surface area contributed by atoms with Crippen LogP contribution in [0.1, 0.15) is 10.4 Å². The molecule has 2 rings (SSSR count). The van der Waals surface area contributed by atoms with Crippen LogP contribution in [0.5, 0.6) is 5.88 Å². The van der Waals surface area contributed by atoms with Gasteiger partial charge >= 0.3 is 5.97 Å². The highest BCUT2D eigenvalue weighted by molar-refractivity contribution is 5.98. The van der Waals surface area contributed by atoms with Gasteiger partial charge in [0.25, 0.3) is 0 Å². The van der Waals surface area contributed by atoms with Gasteiger partial charge in [-0.15, -0.1) is 0 Å². The van der Waals surface area contributed by atoms with Crippen molar-refractivity contribution in [3.8, 4) is 17.0 Å². The number of nitrogens with zero attached hydrogens (tertiary/aromatic N) is 2. The van der Waals surface area contributed by atoms with Crippen molar-refractivity contribution in [1.82, 2.24) is 9.97 Å². The summed E-state index contributed by atoms with van der Waals surface area (Å²) in [5.74, 6) is -0.0690. The molecule has 0 aliphatic heterocycles. The van der Waals surface area contributed by atoms with Crippen molar-refractivity contribution in [3.05, 3.63) is 42.4 Å². The first-order chi connectivity index (χ1) is 8.77. The standard InChI is InChI=1S/C13H12N2O3/c1-17-12-11(9-4-3-6-14-8-9)10(5-7-15-12)13(16)18-2/h3-8H,1-2H3. The largest absolute Gasteiger partial charge is 0.481 e. The fraction of sp³-hybridized carbons (Fsp3) is 0.154. The monoisotopic (exact) mass is 244 g/mol.